The molecule has 298 valence electrons. The molecule has 0 saturated carbocycles. The maximum Gasteiger partial charge on any atom is 0.116 e. The summed E-state index contributed by atoms with van der Waals surface area (Å²) < 4.78 is 0. The van der Waals surface area contributed by atoms with Crippen molar-refractivity contribution in [2.45, 2.75) is 40.0 Å². The third kappa shape index (κ3) is 5.14. The lowest BCUT2D eigenvalue weighted by Gasteiger charge is -2.33. The van der Waals surface area contributed by atoms with Gasteiger partial charge in [0.05, 0.1) is 11.4 Å². The predicted octanol–water partition coefficient (Wildman–Crippen LogP) is 13.7. The van der Waals surface area contributed by atoms with Crippen LogP contribution in [-0.2, 0) is 0 Å². The van der Waals surface area contributed by atoms with Crippen molar-refractivity contribution in [3.8, 4) is 22.3 Å². The second-order valence-corrected chi connectivity index (χ2v) is 27.2. The molecule has 0 unspecified atom stereocenters. The highest BCUT2D eigenvalue weighted by Crippen LogP contribution is 2.50. The molecule has 4 heteroatoms. The van der Waals surface area contributed by atoms with Crippen LogP contribution in [0.15, 0.2) is 182 Å². The standard InChI is InChI=1S/C58H48N2Si2/c1-37-34-51(59(39-18-9-7-10-19-39)41-28-29-46-44-22-13-15-26-53(44)61(3,4)55(46)36-41)48-32-30-43-38(2)35-52(49-33-31-42(37)56(48)57(43)49)60(40-20-11-8-12-21-40)50-25-17-24-47-45-23-14-16-27-54(45)62(5,6)58(47)50/h7-36H,1-6H3. The fraction of sp³-hybridized carbons (Fsp3) is 0.103. The molecule has 0 spiro atoms. The summed E-state index contributed by atoms with van der Waals surface area (Å²) in [6.45, 7) is 14.7. The molecule has 12 rings (SSSR count). The molecule has 0 fully saturated rings. The summed E-state index contributed by atoms with van der Waals surface area (Å²) in [5.41, 5.74) is 15.4. The maximum atomic E-state index is 2.58. The number of benzene rings is 10. The van der Waals surface area contributed by atoms with E-state index in [0.717, 1.165) is 5.69 Å². The Balaban J connectivity index is 1.12. The second kappa shape index (κ2) is 13.4. The summed E-state index contributed by atoms with van der Waals surface area (Å²) in [4.78, 5) is 5.10. The van der Waals surface area contributed by atoms with Gasteiger partial charge in [0.15, 0.2) is 0 Å². The zero-order valence-electron chi connectivity index (χ0n) is 36.2. The smallest absolute Gasteiger partial charge is 0.116 e. The molecule has 2 aliphatic rings. The molecule has 10 aromatic rings. The molecule has 2 heterocycles. The highest BCUT2D eigenvalue weighted by Gasteiger charge is 2.41. The molecule has 0 aliphatic carbocycles. The van der Waals surface area contributed by atoms with Crippen LogP contribution in [0.2, 0.25) is 26.2 Å². The van der Waals surface area contributed by atoms with E-state index >= 15 is 0 Å². The van der Waals surface area contributed by atoms with Crippen LogP contribution in [0.4, 0.5) is 34.1 Å². The number of fused-ring (bicyclic) bond motifs is 6. The summed E-state index contributed by atoms with van der Waals surface area (Å²) in [7, 11) is -3.99. The number of rotatable bonds is 6. The van der Waals surface area contributed by atoms with Crippen molar-refractivity contribution < 1.29 is 0 Å². The largest absolute Gasteiger partial charge is 0.310 e. The summed E-state index contributed by atoms with van der Waals surface area (Å²) in [6.07, 6.45) is 0. The maximum absolute atomic E-state index is 2.58. The van der Waals surface area contributed by atoms with Gasteiger partial charge in [-0.25, -0.2) is 0 Å². The van der Waals surface area contributed by atoms with Crippen LogP contribution in [0.3, 0.4) is 0 Å². The first kappa shape index (κ1) is 37.1. The average Bonchev–Trinajstić information content (AvgIpc) is 3.68. The summed E-state index contributed by atoms with van der Waals surface area (Å²) in [6, 6.07) is 69.0. The van der Waals surface area contributed by atoms with Crippen molar-refractivity contribution in [1.29, 1.82) is 0 Å². The molecule has 0 atom stereocenters. The Morgan fingerprint density at radius 3 is 1.40 bits per heavy atom. The molecule has 0 saturated heterocycles. The van der Waals surface area contributed by atoms with Gasteiger partial charge in [-0.2, -0.15) is 0 Å². The molecular formula is C58H48N2Si2. The van der Waals surface area contributed by atoms with Crippen LogP contribution in [0, 0.1) is 13.8 Å². The number of aryl methyl sites for hydroxylation is 2. The van der Waals surface area contributed by atoms with Gasteiger partial charge in [-0.3, -0.25) is 0 Å². The molecule has 2 nitrogen and oxygen atoms in total. The molecular weight excluding hydrogens is 781 g/mol. The van der Waals surface area contributed by atoms with E-state index in [1.807, 2.05) is 0 Å². The van der Waals surface area contributed by atoms with Crippen LogP contribution in [0.25, 0.3) is 54.6 Å². The third-order valence-corrected chi connectivity index (χ3v) is 21.5. The third-order valence-electron chi connectivity index (χ3n) is 14.4. The number of anilines is 6. The van der Waals surface area contributed by atoms with E-state index in [-0.39, 0.29) is 0 Å². The van der Waals surface area contributed by atoms with E-state index in [1.165, 1.54) is 115 Å². The van der Waals surface area contributed by atoms with Crippen LogP contribution in [-0.4, -0.2) is 16.1 Å². The zero-order valence-corrected chi connectivity index (χ0v) is 38.2. The molecule has 10 aromatic carbocycles. The van der Waals surface area contributed by atoms with E-state index in [1.54, 1.807) is 0 Å². The van der Waals surface area contributed by atoms with Crippen LogP contribution >= 0.6 is 0 Å². The van der Waals surface area contributed by atoms with E-state index < -0.39 is 16.1 Å². The fourth-order valence-corrected chi connectivity index (χ4v) is 18.0. The van der Waals surface area contributed by atoms with Gasteiger partial charge in [0.1, 0.15) is 16.1 Å². The normalized spacial score (nSPS) is 14.2. The van der Waals surface area contributed by atoms with Gasteiger partial charge in [0.25, 0.3) is 0 Å². The van der Waals surface area contributed by atoms with Gasteiger partial charge in [-0.1, -0.05) is 154 Å². The molecule has 2 aliphatic heterocycles. The molecule has 0 radical (unpaired) electrons. The first-order chi connectivity index (χ1) is 30.1. The van der Waals surface area contributed by atoms with E-state index in [4.69, 9.17) is 0 Å². The predicted molar refractivity (Wildman–Crippen MR) is 273 cm³/mol. The molecule has 0 bridgehead atoms. The summed E-state index contributed by atoms with van der Waals surface area (Å²) in [5, 5.41) is 13.9. The van der Waals surface area contributed by atoms with Gasteiger partial charge in [0.2, 0.25) is 0 Å². The van der Waals surface area contributed by atoms with Crippen molar-refractivity contribution >= 4 is 103 Å². The Labute approximate surface area is 366 Å². The van der Waals surface area contributed by atoms with Crippen LogP contribution in [0.5, 0.6) is 0 Å². The average molecular weight is 829 g/mol. The SMILES string of the molecule is Cc1cc(N(c2ccccc2)c2ccc3c(c2)[Si](C)(C)c2ccccc2-3)c2ccc3c(C)cc(N(c4ccccc4)c4cccc5c4[Si](C)(C)c4ccccc4-5)c4ccc1c2c34. The summed E-state index contributed by atoms with van der Waals surface area (Å²) in [5.74, 6) is 0. The Hall–Kier alpha value is -6.73. The fourth-order valence-electron chi connectivity index (χ4n) is 11.5. The first-order valence-corrected chi connectivity index (χ1v) is 28.0. The van der Waals surface area contributed by atoms with Gasteiger partial charge in [-0.15, -0.1) is 0 Å². The lowest BCUT2D eigenvalue weighted by molar-refractivity contribution is 1.29. The highest BCUT2D eigenvalue weighted by atomic mass is 28.3. The Morgan fingerprint density at radius 1 is 0.323 bits per heavy atom. The minimum absolute atomic E-state index is 1.16. The monoisotopic (exact) mass is 828 g/mol. The van der Waals surface area contributed by atoms with Crippen molar-refractivity contribution in [3.05, 3.63) is 193 Å². The zero-order chi connectivity index (χ0) is 42.1. The molecule has 0 aromatic heterocycles. The number of nitrogens with zero attached hydrogens (tertiary/aromatic N) is 2. The van der Waals surface area contributed by atoms with E-state index in [9.17, 15) is 0 Å². The number of para-hydroxylation sites is 2. The molecule has 0 amide bonds. The van der Waals surface area contributed by atoms with Crippen molar-refractivity contribution in [2.75, 3.05) is 9.80 Å². The van der Waals surface area contributed by atoms with Gasteiger partial charge < -0.3 is 9.80 Å². The van der Waals surface area contributed by atoms with Crippen molar-refractivity contribution in [1.82, 2.24) is 0 Å². The minimum Gasteiger partial charge on any atom is -0.310 e. The van der Waals surface area contributed by atoms with Gasteiger partial charge in [-0.05, 0) is 144 Å². The molecule has 62 heavy (non-hydrogen) atoms. The number of hydrogen-bond donors (Lipinski definition) is 0. The van der Waals surface area contributed by atoms with E-state index in [0.29, 0.717) is 0 Å². The Kier molecular flexibility index (Phi) is 8.00. The van der Waals surface area contributed by atoms with Crippen LogP contribution < -0.4 is 30.5 Å². The minimum atomic E-state index is -2.07. The van der Waals surface area contributed by atoms with Crippen molar-refractivity contribution in [3.63, 3.8) is 0 Å². The van der Waals surface area contributed by atoms with Crippen LogP contribution in [0.1, 0.15) is 11.1 Å². The Bertz CT molecular complexity index is 3440. The second-order valence-electron chi connectivity index (χ2n) is 18.6. The summed E-state index contributed by atoms with van der Waals surface area (Å²) >= 11 is 0. The number of hydrogen-bond acceptors (Lipinski definition) is 2. The first-order valence-electron chi connectivity index (χ1n) is 22.0. The highest BCUT2D eigenvalue weighted by molar-refractivity contribution is 7.05. The van der Waals surface area contributed by atoms with Crippen molar-refractivity contribution in [2.24, 2.45) is 0 Å². The Morgan fingerprint density at radius 2 is 0.790 bits per heavy atom. The lowest BCUT2D eigenvalue weighted by atomic mass is 9.88. The van der Waals surface area contributed by atoms with E-state index in [2.05, 4.69) is 232 Å². The quantitative estimate of drug-likeness (QED) is 0.122. The van der Waals surface area contributed by atoms with Gasteiger partial charge >= 0.3 is 0 Å². The topological polar surface area (TPSA) is 6.48 Å². The lowest BCUT2D eigenvalue weighted by Crippen LogP contribution is -2.50. The van der Waals surface area contributed by atoms with Gasteiger partial charge in [0, 0.05) is 33.5 Å². The molecule has 0 N–H and O–H groups in total.